The average molecular weight is 321 g/mol. The van der Waals surface area contributed by atoms with Gasteiger partial charge in [-0.15, -0.1) is 0 Å². The van der Waals surface area contributed by atoms with E-state index in [1.165, 1.54) is 4.68 Å². The van der Waals surface area contributed by atoms with Crippen LogP contribution in [-0.2, 0) is 0 Å². The molecule has 0 unspecified atom stereocenters. The van der Waals surface area contributed by atoms with E-state index in [1.807, 2.05) is 42.5 Å². The van der Waals surface area contributed by atoms with E-state index in [9.17, 15) is 4.79 Å². The van der Waals surface area contributed by atoms with Gasteiger partial charge in [-0.1, -0.05) is 18.2 Å². The van der Waals surface area contributed by atoms with Crippen molar-refractivity contribution >= 4 is 21.8 Å². The normalized spacial score (nSPS) is 11.1. The number of fused-ring (bicyclic) bond motifs is 3. The lowest BCUT2D eigenvalue weighted by Gasteiger charge is -2.07. The van der Waals surface area contributed by atoms with Gasteiger partial charge in [-0.25, -0.2) is 0 Å². The first-order valence-corrected chi connectivity index (χ1v) is 7.44. The van der Waals surface area contributed by atoms with E-state index in [2.05, 4.69) is 10.1 Å². The number of para-hydroxylation sites is 1. The van der Waals surface area contributed by atoms with Crippen LogP contribution in [0.15, 0.2) is 53.5 Å². The molecule has 0 atom stereocenters. The van der Waals surface area contributed by atoms with Crippen molar-refractivity contribution in [3.63, 3.8) is 0 Å². The molecule has 2 aromatic heterocycles. The molecule has 0 spiro atoms. The lowest BCUT2D eigenvalue weighted by atomic mass is 10.2. The molecule has 0 aliphatic carbocycles. The molecule has 0 saturated carbocycles. The van der Waals surface area contributed by atoms with Crippen LogP contribution in [0.4, 0.5) is 0 Å². The fourth-order valence-corrected chi connectivity index (χ4v) is 2.87. The highest BCUT2D eigenvalue weighted by atomic mass is 16.5. The largest absolute Gasteiger partial charge is 0.493 e. The molecule has 120 valence electrons. The second-order valence-corrected chi connectivity index (χ2v) is 5.36. The zero-order valence-electron chi connectivity index (χ0n) is 13.2. The van der Waals surface area contributed by atoms with E-state index < -0.39 is 0 Å². The third-order valence-corrected chi connectivity index (χ3v) is 4.05. The number of rotatable bonds is 3. The van der Waals surface area contributed by atoms with Crippen molar-refractivity contribution in [1.29, 1.82) is 0 Å². The molecule has 0 amide bonds. The lowest BCUT2D eigenvalue weighted by molar-refractivity contribution is 0.356. The highest BCUT2D eigenvalue weighted by Gasteiger charge is 2.14. The molecule has 6 nitrogen and oxygen atoms in total. The summed E-state index contributed by atoms with van der Waals surface area (Å²) in [5, 5.41) is 5.93. The van der Waals surface area contributed by atoms with E-state index in [0.717, 1.165) is 22.0 Å². The van der Waals surface area contributed by atoms with E-state index in [-0.39, 0.29) is 5.56 Å². The molecule has 4 aromatic rings. The Morgan fingerprint density at radius 1 is 1.00 bits per heavy atom. The predicted molar refractivity (Wildman–Crippen MR) is 92.3 cm³/mol. The third kappa shape index (κ3) is 2.04. The van der Waals surface area contributed by atoms with Crippen molar-refractivity contribution < 1.29 is 9.47 Å². The fraction of sp³-hybridized carbons (Fsp3) is 0.111. The van der Waals surface area contributed by atoms with Gasteiger partial charge in [0.15, 0.2) is 11.5 Å². The number of methoxy groups -OCH3 is 2. The van der Waals surface area contributed by atoms with Crippen LogP contribution < -0.4 is 15.0 Å². The Morgan fingerprint density at radius 3 is 2.42 bits per heavy atom. The van der Waals surface area contributed by atoms with Gasteiger partial charge < -0.3 is 14.5 Å². The molecule has 1 N–H and O–H groups in total. The number of hydrogen-bond acceptors (Lipinski definition) is 4. The number of H-pyrrole nitrogens is 1. The van der Waals surface area contributed by atoms with Crippen LogP contribution in [0.1, 0.15) is 0 Å². The van der Waals surface area contributed by atoms with Gasteiger partial charge >= 0.3 is 0 Å². The maximum Gasteiger partial charge on any atom is 0.295 e. The topological polar surface area (TPSA) is 69.1 Å². The summed E-state index contributed by atoms with van der Waals surface area (Å²) >= 11 is 0. The summed E-state index contributed by atoms with van der Waals surface area (Å²) in [6.45, 7) is 0. The molecule has 0 fully saturated rings. The first kappa shape index (κ1) is 14.3. The number of ether oxygens (including phenoxy) is 2. The van der Waals surface area contributed by atoms with Gasteiger partial charge in [0, 0.05) is 16.8 Å². The van der Waals surface area contributed by atoms with E-state index >= 15 is 0 Å². The standard InChI is InChI=1S/C18H15N3O3/c1-23-15-8-12-13-10-19-21(11-6-4-3-5-7-11)18(22)17(13)20-14(12)9-16(15)24-2/h3-10,20H,1-2H3. The number of nitrogens with one attached hydrogen (secondary N) is 1. The summed E-state index contributed by atoms with van der Waals surface area (Å²) in [4.78, 5) is 16.0. The number of aromatic amines is 1. The molecule has 0 saturated heterocycles. The second-order valence-electron chi connectivity index (χ2n) is 5.36. The Balaban J connectivity index is 2.03. The molecule has 4 rings (SSSR count). The molecule has 2 aromatic carbocycles. The molecule has 2 heterocycles. The average Bonchev–Trinajstić information content (AvgIpc) is 3.00. The van der Waals surface area contributed by atoms with Gasteiger partial charge in [0.2, 0.25) is 0 Å². The highest BCUT2D eigenvalue weighted by Crippen LogP contribution is 2.34. The first-order valence-electron chi connectivity index (χ1n) is 7.44. The van der Waals surface area contributed by atoms with Crippen molar-refractivity contribution in [2.75, 3.05) is 14.2 Å². The Morgan fingerprint density at radius 2 is 1.71 bits per heavy atom. The van der Waals surface area contributed by atoms with Crippen LogP contribution in [0.5, 0.6) is 11.5 Å². The summed E-state index contributed by atoms with van der Waals surface area (Å²) in [6, 6.07) is 13.0. The van der Waals surface area contributed by atoms with Crippen molar-refractivity contribution in [2.45, 2.75) is 0 Å². The molecular weight excluding hydrogens is 306 g/mol. The molecule has 0 aliphatic heterocycles. The molecular formula is C18H15N3O3. The molecule has 0 aliphatic rings. The second kappa shape index (κ2) is 5.42. The Hall–Kier alpha value is -3.28. The fourth-order valence-electron chi connectivity index (χ4n) is 2.87. The zero-order valence-corrected chi connectivity index (χ0v) is 13.2. The number of hydrogen-bond donors (Lipinski definition) is 1. The van der Waals surface area contributed by atoms with Crippen LogP contribution in [0.3, 0.4) is 0 Å². The molecule has 0 bridgehead atoms. The van der Waals surface area contributed by atoms with Gasteiger partial charge in [0.25, 0.3) is 5.56 Å². The van der Waals surface area contributed by atoms with Gasteiger partial charge in [-0.3, -0.25) is 4.79 Å². The Labute approximate surface area is 137 Å². The minimum Gasteiger partial charge on any atom is -0.493 e. The minimum absolute atomic E-state index is 0.201. The van der Waals surface area contributed by atoms with Gasteiger partial charge in [-0.05, 0) is 18.2 Å². The Bertz CT molecular complexity index is 1100. The summed E-state index contributed by atoms with van der Waals surface area (Å²) in [6.07, 6.45) is 1.69. The summed E-state index contributed by atoms with van der Waals surface area (Å²) in [7, 11) is 3.16. The van der Waals surface area contributed by atoms with Gasteiger partial charge in [0.1, 0.15) is 5.52 Å². The Kier molecular flexibility index (Phi) is 3.23. The van der Waals surface area contributed by atoms with E-state index in [4.69, 9.17) is 9.47 Å². The number of benzene rings is 2. The first-order chi connectivity index (χ1) is 11.7. The maximum absolute atomic E-state index is 12.8. The summed E-state index contributed by atoms with van der Waals surface area (Å²) < 4.78 is 12.0. The summed E-state index contributed by atoms with van der Waals surface area (Å²) in [5.41, 5.74) is 1.82. The quantitative estimate of drug-likeness (QED) is 0.630. The monoisotopic (exact) mass is 321 g/mol. The summed E-state index contributed by atoms with van der Waals surface area (Å²) in [5.74, 6) is 1.21. The highest BCUT2D eigenvalue weighted by molar-refractivity contribution is 6.07. The van der Waals surface area contributed by atoms with Crippen LogP contribution in [0.25, 0.3) is 27.5 Å². The SMILES string of the molecule is COc1cc2[nH]c3c(=O)n(-c4ccccc4)ncc3c2cc1OC. The van der Waals surface area contributed by atoms with E-state index in [1.54, 1.807) is 20.4 Å². The van der Waals surface area contributed by atoms with Crippen LogP contribution in [-0.4, -0.2) is 29.0 Å². The molecule has 0 radical (unpaired) electrons. The maximum atomic E-state index is 12.8. The van der Waals surface area contributed by atoms with Crippen LogP contribution >= 0.6 is 0 Å². The van der Waals surface area contributed by atoms with Crippen LogP contribution in [0, 0.1) is 0 Å². The van der Waals surface area contributed by atoms with Crippen LogP contribution in [0.2, 0.25) is 0 Å². The van der Waals surface area contributed by atoms with Crippen molar-refractivity contribution in [1.82, 2.24) is 14.8 Å². The smallest absolute Gasteiger partial charge is 0.295 e. The van der Waals surface area contributed by atoms with Crippen molar-refractivity contribution in [2.24, 2.45) is 0 Å². The minimum atomic E-state index is -0.201. The number of aromatic nitrogens is 3. The van der Waals surface area contributed by atoms with E-state index in [0.29, 0.717) is 17.0 Å². The third-order valence-electron chi connectivity index (χ3n) is 4.05. The molecule has 24 heavy (non-hydrogen) atoms. The van der Waals surface area contributed by atoms with Crippen molar-refractivity contribution in [3.05, 3.63) is 59.0 Å². The van der Waals surface area contributed by atoms with Gasteiger partial charge in [0.05, 0.1) is 31.6 Å². The zero-order chi connectivity index (χ0) is 16.7. The molecule has 6 heteroatoms. The van der Waals surface area contributed by atoms with Crippen molar-refractivity contribution in [3.8, 4) is 17.2 Å². The lowest BCUT2D eigenvalue weighted by Crippen LogP contribution is -2.20. The van der Waals surface area contributed by atoms with Gasteiger partial charge in [-0.2, -0.15) is 9.78 Å². The predicted octanol–water partition coefficient (Wildman–Crippen LogP) is 2.88. The number of nitrogens with zero attached hydrogens (tertiary/aromatic N) is 2.